The van der Waals surface area contributed by atoms with Gasteiger partial charge in [0, 0.05) is 16.8 Å². The highest BCUT2D eigenvalue weighted by Crippen LogP contribution is 2.34. The van der Waals surface area contributed by atoms with E-state index >= 15 is 0 Å². The van der Waals surface area contributed by atoms with Crippen molar-refractivity contribution in [2.75, 3.05) is 0 Å². The van der Waals surface area contributed by atoms with Crippen LogP contribution in [0.2, 0.25) is 5.02 Å². The summed E-state index contributed by atoms with van der Waals surface area (Å²) in [6, 6.07) is 7.50. The predicted octanol–water partition coefficient (Wildman–Crippen LogP) is 3.98. The molecule has 19 heavy (non-hydrogen) atoms. The number of benzene rings is 1. The SMILES string of the molecule is O=C(c1ccccn1)c1ccc(Cl)cc1C(F)(F)F. The molecule has 0 saturated carbocycles. The number of aromatic nitrogens is 1. The molecule has 0 bridgehead atoms. The molecule has 1 heterocycles. The van der Waals surface area contributed by atoms with Gasteiger partial charge in [0.15, 0.2) is 0 Å². The van der Waals surface area contributed by atoms with Crippen molar-refractivity contribution in [3.8, 4) is 0 Å². The Hall–Kier alpha value is -1.88. The van der Waals surface area contributed by atoms with E-state index in [-0.39, 0.29) is 10.7 Å². The zero-order valence-corrected chi connectivity index (χ0v) is 10.2. The van der Waals surface area contributed by atoms with E-state index in [1.165, 1.54) is 24.4 Å². The van der Waals surface area contributed by atoms with Crippen molar-refractivity contribution in [1.82, 2.24) is 4.98 Å². The highest BCUT2D eigenvalue weighted by molar-refractivity contribution is 6.30. The monoisotopic (exact) mass is 285 g/mol. The van der Waals surface area contributed by atoms with E-state index in [2.05, 4.69) is 4.98 Å². The Balaban J connectivity index is 2.54. The highest BCUT2D eigenvalue weighted by Gasteiger charge is 2.35. The van der Waals surface area contributed by atoms with Crippen LogP contribution in [0.5, 0.6) is 0 Å². The molecule has 0 aliphatic carbocycles. The maximum Gasteiger partial charge on any atom is 0.417 e. The van der Waals surface area contributed by atoms with Crippen molar-refractivity contribution in [1.29, 1.82) is 0 Å². The number of rotatable bonds is 2. The molecule has 0 unspecified atom stereocenters. The number of hydrogen-bond acceptors (Lipinski definition) is 2. The van der Waals surface area contributed by atoms with Gasteiger partial charge < -0.3 is 0 Å². The van der Waals surface area contributed by atoms with E-state index < -0.39 is 23.1 Å². The van der Waals surface area contributed by atoms with Gasteiger partial charge in [0.2, 0.25) is 5.78 Å². The number of alkyl halides is 3. The van der Waals surface area contributed by atoms with Crippen LogP contribution in [0.15, 0.2) is 42.6 Å². The van der Waals surface area contributed by atoms with Crippen LogP contribution in [-0.2, 0) is 6.18 Å². The Bertz CT molecular complexity index is 611. The topological polar surface area (TPSA) is 30.0 Å². The molecule has 0 atom stereocenters. The lowest BCUT2D eigenvalue weighted by molar-refractivity contribution is -0.137. The van der Waals surface area contributed by atoms with Gasteiger partial charge >= 0.3 is 6.18 Å². The lowest BCUT2D eigenvalue weighted by atomic mass is 10.0. The summed E-state index contributed by atoms with van der Waals surface area (Å²) in [5, 5.41) is -0.0788. The van der Waals surface area contributed by atoms with Gasteiger partial charge in [-0.2, -0.15) is 13.2 Å². The first-order valence-electron chi connectivity index (χ1n) is 5.22. The molecule has 2 rings (SSSR count). The molecular weight excluding hydrogens is 279 g/mol. The van der Waals surface area contributed by atoms with E-state index in [0.717, 1.165) is 12.1 Å². The first-order chi connectivity index (χ1) is 8.89. The molecular formula is C13H7ClF3NO. The minimum atomic E-state index is -4.65. The van der Waals surface area contributed by atoms with E-state index in [0.29, 0.717) is 0 Å². The first-order valence-corrected chi connectivity index (χ1v) is 5.60. The molecule has 1 aromatic heterocycles. The molecule has 98 valence electrons. The summed E-state index contributed by atoms with van der Waals surface area (Å²) >= 11 is 5.55. The first kappa shape index (κ1) is 13.5. The molecule has 0 saturated heterocycles. The predicted molar refractivity (Wildman–Crippen MR) is 64.1 cm³/mol. The standard InChI is InChI=1S/C13H7ClF3NO/c14-8-4-5-9(10(7-8)13(15,16)17)12(19)11-3-1-2-6-18-11/h1-7H. The maximum absolute atomic E-state index is 12.9. The van der Waals surface area contributed by atoms with Crippen LogP contribution in [0.4, 0.5) is 13.2 Å². The van der Waals surface area contributed by atoms with Gasteiger partial charge in [-0.05, 0) is 30.3 Å². The molecule has 2 aromatic rings. The molecule has 0 radical (unpaired) electrons. The van der Waals surface area contributed by atoms with Crippen LogP contribution >= 0.6 is 11.6 Å². The Labute approximate surface area is 111 Å². The van der Waals surface area contributed by atoms with Crippen molar-refractivity contribution < 1.29 is 18.0 Å². The van der Waals surface area contributed by atoms with Crippen LogP contribution < -0.4 is 0 Å². The van der Waals surface area contributed by atoms with E-state index in [1.807, 2.05) is 0 Å². The third-order valence-electron chi connectivity index (χ3n) is 2.43. The Morgan fingerprint density at radius 1 is 1.16 bits per heavy atom. The number of pyridine rings is 1. The summed E-state index contributed by atoms with van der Waals surface area (Å²) in [5.41, 5.74) is -1.57. The molecule has 6 heteroatoms. The van der Waals surface area contributed by atoms with Gasteiger partial charge in [0.1, 0.15) is 5.69 Å². The number of hydrogen-bond donors (Lipinski definition) is 0. The van der Waals surface area contributed by atoms with E-state index in [1.54, 1.807) is 6.07 Å². The molecule has 0 N–H and O–H groups in total. The molecule has 1 aromatic carbocycles. The second-order valence-corrected chi connectivity index (χ2v) is 4.17. The third-order valence-corrected chi connectivity index (χ3v) is 2.66. The highest BCUT2D eigenvalue weighted by atomic mass is 35.5. The molecule has 2 nitrogen and oxygen atoms in total. The number of ketones is 1. The summed E-state index contributed by atoms with van der Waals surface area (Å²) in [6.45, 7) is 0. The number of carbonyl (C=O) groups excluding carboxylic acids is 1. The zero-order chi connectivity index (χ0) is 14.0. The van der Waals surface area contributed by atoms with Crippen LogP contribution in [0, 0.1) is 0 Å². The van der Waals surface area contributed by atoms with E-state index in [4.69, 9.17) is 11.6 Å². The minimum Gasteiger partial charge on any atom is -0.287 e. The summed E-state index contributed by atoms with van der Waals surface area (Å²) in [7, 11) is 0. The lowest BCUT2D eigenvalue weighted by Gasteiger charge is -2.12. The number of carbonyl (C=O) groups is 1. The Kier molecular flexibility index (Phi) is 3.57. The van der Waals surface area contributed by atoms with E-state index in [9.17, 15) is 18.0 Å². The fourth-order valence-corrected chi connectivity index (χ4v) is 1.76. The van der Waals surface area contributed by atoms with Crippen molar-refractivity contribution in [2.45, 2.75) is 6.18 Å². The lowest BCUT2D eigenvalue weighted by Crippen LogP contribution is -2.14. The summed E-state index contributed by atoms with van der Waals surface area (Å²) in [6.07, 6.45) is -3.30. The van der Waals surface area contributed by atoms with Crippen molar-refractivity contribution in [2.24, 2.45) is 0 Å². The molecule has 0 aliphatic rings. The van der Waals surface area contributed by atoms with Gasteiger partial charge in [-0.1, -0.05) is 17.7 Å². The van der Waals surface area contributed by atoms with Crippen molar-refractivity contribution in [3.63, 3.8) is 0 Å². The molecule has 0 aliphatic heterocycles. The van der Waals surface area contributed by atoms with Gasteiger partial charge in [-0.3, -0.25) is 9.78 Å². The summed E-state index contributed by atoms with van der Waals surface area (Å²) in [4.78, 5) is 15.8. The van der Waals surface area contributed by atoms with Gasteiger partial charge in [-0.15, -0.1) is 0 Å². The number of nitrogens with zero attached hydrogens (tertiary/aromatic N) is 1. The average molecular weight is 286 g/mol. The molecule has 0 fully saturated rings. The summed E-state index contributed by atoms with van der Waals surface area (Å²) < 4.78 is 38.6. The van der Waals surface area contributed by atoms with Crippen LogP contribution in [0.1, 0.15) is 21.6 Å². The van der Waals surface area contributed by atoms with Gasteiger partial charge in [0.05, 0.1) is 5.56 Å². The average Bonchev–Trinajstić information content (AvgIpc) is 2.38. The fourth-order valence-electron chi connectivity index (χ4n) is 1.58. The molecule has 0 amide bonds. The normalized spacial score (nSPS) is 11.4. The van der Waals surface area contributed by atoms with Crippen molar-refractivity contribution >= 4 is 17.4 Å². The largest absolute Gasteiger partial charge is 0.417 e. The second-order valence-electron chi connectivity index (χ2n) is 3.73. The molecule has 0 spiro atoms. The van der Waals surface area contributed by atoms with Crippen LogP contribution in [-0.4, -0.2) is 10.8 Å². The summed E-state index contributed by atoms with van der Waals surface area (Å²) in [5.74, 6) is -0.787. The van der Waals surface area contributed by atoms with Crippen molar-refractivity contribution in [3.05, 3.63) is 64.4 Å². The Morgan fingerprint density at radius 2 is 1.89 bits per heavy atom. The second kappa shape index (κ2) is 5.01. The quantitative estimate of drug-likeness (QED) is 0.781. The Morgan fingerprint density at radius 3 is 2.47 bits per heavy atom. The number of halogens is 4. The third kappa shape index (κ3) is 2.93. The fraction of sp³-hybridized carbons (Fsp3) is 0.0769. The smallest absolute Gasteiger partial charge is 0.287 e. The maximum atomic E-state index is 12.9. The van der Waals surface area contributed by atoms with Crippen LogP contribution in [0.3, 0.4) is 0 Å². The minimum absolute atomic E-state index is 0.0460. The van der Waals surface area contributed by atoms with Gasteiger partial charge in [0.25, 0.3) is 0 Å². The van der Waals surface area contributed by atoms with Gasteiger partial charge in [-0.25, -0.2) is 0 Å². The van der Waals surface area contributed by atoms with Crippen LogP contribution in [0.25, 0.3) is 0 Å². The zero-order valence-electron chi connectivity index (χ0n) is 9.41.